The van der Waals surface area contributed by atoms with Crippen LogP contribution in [0.2, 0.25) is 0 Å². The van der Waals surface area contributed by atoms with Crippen LogP contribution in [0.3, 0.4) is 0 Å². The predicted molar refractivity (Wildman–Crippen MR) is 90.6 cm³/mol. The molecule has 1 fully saturated rings. The summed E-state index contributed by atoms with van der Waals surface area (Å²) in [5.74, 6) is 0.595. The lowest BCUT2D eigenvalue weighted by molar-refractivity contribution is -0.154. The predicted octanol–water partition coefficient (Wildman–Crippen LogP) is 3.27. The van der Waals surface area contributed by atoms with Crippen molar-refractivity contribution in [2.45, 2.75) is 45.3 Å². The number of ether oxygens (including phenoxy) is 1. The number of nitrogens with zero attached hydrogens (tertiary/aromatic N) is 2. The first-order valence-corrected chi connectivity index (χ1v) is 8.45. The van der Waals surface area contributed by atoms with E-state index in [0.29, 0.717) is 16.9 Å². The van der Waals surface area contributed by atoms with Crippen molar-refractivity contribution < 1.29 is 17.9 Å². The molecule has 1 aliphatic carbocycles. The van der Waals surface area contributed by atoms with Gasteiger partial charge in [0.2, 0.25) is 5.88 Å². The minimum Gasteiger partial charge on any atom is -0.468 e. The highest BCUT2D eigenvalue weighted by atomic mass is 19.4. The highest BCUT2D eigenvalue weighted by Gasteiger charge is 2.35. The van der Waals surface area contributed by atoms with Gasteiger partial charge in [-0.1, -0.05) is 19.4 Å². The number of pyridine rings is 1. The summed E-state index contributed by atoms with van der Waals surface area (Å²) in [4.78, 5) is 8.05. The fraction of sp³-hybridized carbons (Fsp3) is 0.647. The first-order chi connectivity index (χ1) is 11.9. The van der Waals surface area contributed by atoms with Crippen LogP contribution in [0.15, 0.2) is 23.3 Å². The lowest BCUT2D eigenvalue weighted by Gasteiger charge is -2.41. The van der Waals surface area contributed by atoms with Crippen LogP contribution in [0.1, 0.15) is 38.2 Å². The summed E-state index contributed by atoms with van der Waals surface area (Å²) in [6.45, 7) is 1.95. The van der Waals surface area contributed by atoms with E-state index in [0.717, 1.165) is 13.0 Å². The maximum atomic E-state index is 12.3. The van der Waals surface area contributed by atoms with Crippen molar-refractivity contribution >= 4 is 5.96 Å². The maximum absolute atomic E-state index is 12.3. The van der Waals surface area contributed by atoms with E-state index in [2.05, 4.69) is 27.5 Å². The van der Waals surface area contributed by atoms with E-state index in [-0.39, 0.29) is 12.4 Å². The smallest absolute Gasteiger partial charge is 0.422 e. The zero-order valence-corrected chi connectivity index (χ0v) is 14.6. The third-order valence-electron chi connectivity index (χ3n) is 4.69. The van der Waals surface area contributed by atoms with Gasteiger partial charge in [0.15, 0.2) is 12.6 Å². The summed E-state index contributed by atoms with van der Waals surface area (Å²) in [6.07, 6.45) is 1.82. The molecule has 8 heteroatoms. The van der Waals surface area contributed by atoms with Crippen LogP contribution in [0.4, 0.5) is 13.2 Å². The normalized spacial score (nSPS) is 16.9. The zero-order chi connectivity index (χ0) is 18.3. The molecule has 0 unspecified atom stereocenters. The first-order valence-electron chi connectivity index (χ1n) is 8.45. The molecule has 0 aliphatic heterocycles. The molecule has 140 valence electrons. The zero-order valence-electron chi connectivity index (χ0n) is 14.6. The van der Waals surface area contributed by atoms with E-state index in [1.807, 2.05) is 0 Å². The number of alkyl halides is 3. The second kappa shape index (κ2) is 8.40. The molecule has 25 heavy (non-hydrogen) atoms. The van der Waals surface area contributed by atoms with Crippen molar-refractivity contribution in [1.29, 1.82) is 0 Å². The van der Waals surface area contributed by atoms with E-state index in [1.165, 1.54) is 25.5 Å². The summed E-state index contributed by atoms with van der Waals surface area (Å²) >= 11 is 0. The van der Waals surface area contributed by atoms with Gasteiger partial charge >= 0.3 is 6.18 Å². The molecule has 0 radical (unpaired) electrons. The third-order valence-corrected chi connectivity index (χ3v) is 4.69. The Balaban J connectivity index is 1.88. The highest BCUT2D eigenvalue weighted by Crippen LogP contribution is 2.42. The van der Waals surface area contributed by atoms with Gasteiger partial charge in [-0.3, -0.25) is 4.99 Å². The standard InChI is InChI=1S/C17H25F3N4O/c1-3-16(7-5-8-16)11-24-15(21-2)23-10-13-6-4-9-22-14(13)25-12-17(18,19)20/h4,6,9H,3,5,7-8,10-12H2,1-2H3,(H2,21,23,24). The number of nitrogens with one attached hydrogen (secondary N) is 2. The van der Waals surface area contributed by atoms with Gasteiger partial charge in [-0.05, 0) is 30.7 Å². The van der Waals surface area contributed by atoms with Gasteiger partial charge in [-0.2, -0.15) is 13.2 Å². The lowest BCUT2D eigenvalue weighted by atomic mass is 9.67. The fourth-order valence-corrected chi connectivity index (χ4v) is 2.84. The van der Waals surface area contributed by atoms with Crippen LogP contribution in [-0.4, -0.2) is 37.3 Å². The molecule has 1 aromatic rings. The second-order valence-corrected chi connectivity index (χ2v) is 6.36. The largest absolute Gasteiger partial charge is 0.468 e. The Kier molecular flexibility index (Phi) is 6.50. The van der Waals surface area contributed by atoms with Crippen molar-refractivity contribution in [3.8, 4) is 5.88 Å². The van der Waals surface area contributed by atoms with E-state index in [4.69, 9.17) is 4.74 Å². The van der Waals surface area contributed by atoms with Gasteiger partial charge in [0.25, 0.3) is 0 Å². The van der Waals surface area contributed by atoms with Gasteiger partial charge in [0, 0.05) is 31.9 Å². The van der Waals surface area contributed by atoms with Crippen molar-refractivity contribution in [1.82, 2.24) is 15.6 Å². The molecule has 0 spiro atoms. The number of rotatable bonds is 7. The quantitative estimate of drug-likeness (QED) is 0.580. The van der Waals surface area contributed by atoms with E-state index in [9.17, 15) is 13.2 Å². The molecule has 0 aromatic carbocycles. The molecule has 2 N–H and O–H groups in total. The summed E-state index contributed by atoms with van der Waals surface area (Å²) in [6, 6.07) is 3.34. The number of aliphatic imine (C=N–C) groups is 1. The van der Waals surface area contributed by atoms with E-state index < -0.39 is 12.8 Å². The summed E-state index contributed by atoms with van der Waals surface area (Å²) in [7, 11) is 1.67. The molecular formula is C17H25F3N4O. The minimum absolute atomic E-state index is 0.0215. The molecule has 1 heterocycles. The van der Waals surface area contributed by atoms with Crippen LogP contribution in [0, 0.1) is 5.41 Å². The molecule has 1 aliphatic rings. The molecule has 0 saturated heterocycles. The molecule has 1 saturated carbocycles. The Hall–Kier alpha value is -1.99. The van der Waals surface area contributed by atoms with E-state index >= 15 is 0 Å². The van der Waals surface area contributed by atoms with Crippen molar-refractivity contribution in [2.24, 2.45) is 10.4 Å². The third kappa shape index (κ3) is 5.79. The minimum atomic E-state index is -4.39. The van der Waals surface area contributed by atoms with Crippen LogP contribution < -0.4 is 15.4 Å². The number of hydrogen-bond acceptors (Lipinski definition) is 3. The summed E-state index contributed by atoms with van der Waals surface area (Å²) in [5, 5.41) is 6.41. The molecular weight excluding hydrogens is 333 g/mol. The van der Waals surface area contributed by atoms with Crippen LogP contribution in [0.5, 0.6) is 5.88 Å². The molecule has 2 rings (SSSR count). The lowest BCUT2D eigenvalue weighted by Crippen LogP contribution is -2.46. The Bertz CT molecular complexity index is 580. The Morgan fingerprint density at radius 1 is 1.36 bits per heavy atom. The van der Waals surface area contributed by atoms with Crippen LogP contribution in [-0.2, 0) is 6.54 Å². The summed E-state index contributed by atoms with van der Waals surface area (Å²) in [5.41, 5.74) is 0.885. The van der Waals surface area contributed by atoms with Crippen molar-refractivity contribution in [3.63, 3.8) is 0 Å². The highest BCUT2D eigenvalue weighted by molar-refractivity contribution is 5.79. The average molecular weight is 358 g/mol. The van der Waals surface area contributed by atoms with Gasteiger partial charge in [0.1, 0.15) is 0 Å². The first kappa shape index (κ1) is 19.3. The maximum Gasteiger partial charge on any atom is 0.422 e. The fourth-order valence-electron chi connectivity index (χ4n) is 2.84. The molecule has 0 atom stereocenters. The molecule has 0 amide bonds. The van der Waals surface area contributed by atoms with Crippen molar-refractivity contribution in [2.75, 3.05) is 20.2 Å². The van der Waals surface area contributed by atoms with Gasteiger partial charge in [0.05, 0.1) is 0 Å². The van der Waals surface area contributed by atoms with Gasteiger partial charge < -0.3 is 15.4 Å². The Morgan fingerprint density at radius 2 is 2.12 bits per heavy atom. The molecule has 5 nitrogen and oxygen atoms in total. The second-order valence-electron chi connectivity index (χ2n) is 6.36. The van der Waals surface area contributed by atoms with Gasteiger partial charge in [-0.15, -0.1) is 0 Å². The van der Waals surface area contributed by atoms with Gasteiger partial charge in [-0.25, -0.2) is 4.98 Å². The Labute approximate surface area is 146 Å². The van der Waals surface area contributed by atoms with Crippen LogP contribution >= 0.6 is 0 Å². The monoisotopic (exact) mass is 358 g/mol. The van der Waals surface area contributed by atoms with E-state index in [1.54, 1.807) is 19.2 Å². The van der Waals surface area contributed by atoms with Crippen LogP contribution in [0.25, 0.3) is 0 Å². The number of halogens is 3. The Morgan fingerprint density at radius 3 is 2.68 bits per heavy atom. The summed E-state index contributed by atoms with van der Waals surface area (Å²) < 4.78 is 41.8. The number of aromatic nitrogens is 1. The average Bonchev–Trinajstić information content (AvgIpc) is 2.55. The van der Waals surface area contributed by atoms with Crippen molar-refractivity contribution in [3.05, 3.63) is 23.9 Å². The molecule has 0 bridgehead atoms. The SMILES string of the molecule is CCC1(CNC(=NC)NCc2cccnc2OCC(F)(F)F)CCC1. The number of guanidine groups is 1. The topological polar surface area (TPSA) is 58.5 Å². The molecule has 1 aromatic heterocycles. The number of hydrogen-bond donors (Lipinski definition) is 2.